The van der Waals surface area contributed by atoms with Crippen molar-refractivity contribution in [3.05, 3.63) is 52.8 Å². The quantitative estimate of drug-likeness (QED) is 0.588. The summed E-state index contributed by atoms with van der Waals surface area (Å²) in [5, 5.41) is 2.75. The zero-order valence-corrected chi connectivity index (χ0v) is 14.3. The van der Waals surface area contributed by atoms with Gasteiger partial charge in [0.15, 0.2) is 11.6 Å². The van der Waals surface area contributed by atoms with Gasteiger partial charge in [0, 0.05) is 11.3 Å². The van der Waals surface area contributed by atoms with Crippen LogP contribution in [0.1, 0.15) is 28.4 Å². The summed E-state index contributed by atoms with van der Waals surface area (Å²) in [7, 11) is 1.28. The Balaban J connectivity index is 2.54. The second-order valence-electron chi connectivity index (χ2n) is 5.36. The van der Waals surface area contributed by atoms with Crippen molar-refractivity contribution in [2.75, 3.05) is 19.0 Å². The number of alkyl halides is 3. The Labute approximate surface area is 147 Å². The molecule has 2 aromatic carbocycles. The first-order valence-corrected chi connectivity index (χ1v) is 7.67. The van der Waals surface area contributed by atoms with Crippen LogP contribution in [0.25, 0.3) is 0 Å². The molecule has 8 heteroatoms. The number of rotatable bonds is 5. The molecule has 2 aromatic rings. The lowest BCUT2D eigenvalue weighted by Crippen LogP contribution is -2.12. The molecule has 0 bridgehead atoms. The first-order valence-electron chi connectivity index (χ1n) is 7.67. The Kier molecular flexibility index (Phi) is 5.74. The molecule has 0 unspecified atom stereocenters. The minimum atomic E-state index is -4.58. The zero-order chi connectivity index (χ0) is 19.5. The van der Waals surface area contributed by atoms with Crippen molar-refractivity contribution < 1.29 is 31.8 Å². The monoisotopic (exact) mass is 371 g/mol. The third-order valence-electron chi connectivity index (χ3n) is 3.67. The second-order valence-corrected chi connectivity index (χ2v) is 5.36. The third kappa shape index (κ3) is 4.07. The van der Waals surface area contributed by atoms with E-state index in [1.54, 1.807) is 13.8 Å². The van der Waals surface area contributed by atoms with Crippen LogP contribution in [0.15, 0.2) is 30.3 Å². The highest BCUT2D eigenvalue weighted by atomic mass is 19.4. The van der Waals surface area contributed by atoms with Gasteiger partial charge in [-0.1, -0.05) is 0 Å². The standard InChI is InChI=1S/C18H17F4NO3/c1-4-26-17(24)12-6-5-11(18(20,21)22)9-15(12)23-14-8-7-13(19)16(25-3)10(14)2/h5-9,23H,4H2,1-3H3. The van der Waals surface area contributed by atoms with Crippen LogP contribution in [0.4, 0.5) is 28.9 Å². The maximum Gasteiger partial charge on any atom is 0.416 e. The Morgan fingerprint density at radius 2 is 1.85 bits per heavy atom. The van der Waals surface area contributed by atoms with E-state index >= 15 is 0 Å². The maximum absolute atomic E-state index is 13.7. The van der Waals surface area contributed by atoms with Gasteiger partial charge in [0.25, 0.3) is 0 Å². The first kappa shape index (κ1) is 19.6. The average Bonchev–Trinajstić information content (AvgIpc) is 2.57. The van der Waals surface area contributed by atoms with Crippen molar-refractivity contribution >= 4 is 17.3 Å². The highest BCUT2D eigenvalue weighted by Gasteiger charge is 2.32. The summed E-state index contributed by atoms with van der Waals surface area (Å²) in [6.45, 7) is 3.20. The summed E-state index contributed by atoms with van der Waals surface area (Å²) in [6, 6.07) is 5.12. The van der Waals surface area contributed by atoms with Gasteiger partial charge in [-0.05, 0) is 44.2 Å². The van der Waals surface area contributed by atoms with Gasteiger partial charge < -0.3 is 14.8 Å². The number of methoxy groups -OCH3 is 1. The first-order chi connectivity index (χ1) is 12.2. The van der Waals surface area contributed by atoms with Gasteiger partial charge in [-0.15, -0.1) is 0 Å². The number of carbonyl (C=O) groups excluding carboxylic acids is 1. The van der Waals surface area contributed by atoms with Gasteiger partial charge in [0.1, 0.15) is 0 Å². The highest BCUT2D eigenvalue weighted by molar-refractivity contribution is 5.97. The fourth-order valence-electron chi connectivity index (χ4n) is 2.40. The van der Waals surface area contributed by atoms with E-state index in [1.807, 2.05) is 0 Å². The van der Waals surface area contributed by atoms with Crippen molar-refractivity contribution in [3.8, 4) is 5.75 Å². The van der Waals surface area contributed by atoms with Crippen molar-refractivity contribution in [2.24, 2.45) is 0 Å². The van der Waals surface area contributed by atoms with Gasteiger partial charge in [0.05, 0.1) is 30.5 Å². The van der Waals surface area contributed by atoms with Crippen LogP contribution < -0.4 is 10.1 Å². The zero-order valence-electron chi connectivity index (χ0n) is 14.3. The van der Waals surface area contributed by atoms with Gasteiger partial charge in [-0.3, -0.25) is 0 Å². The Morgan fingerprint density at radius 1 is 1.15 bits per heavy atom. The van der Waals surface area contributed by atoms with Crippen molar-refractivity contribution in [1.82, 2.24) is 0 Å². The predicted molar refractivity (Wildman–Crippen MR) is 88.4 cm³/mol. The number of esters is 1. The lowest BCUT2D eigenvalue weighted by molar-refractivity contribution is -0.137. The molecule has 0 saturated heterocycles. The lowest BCUT2D eigenvalue weighted by atomic mass is 10.1. The third-order valence-corrected chi connectivity index (χ3v) is 3.67. The Morgan fingerprint density at radius 3 is 2.42 bits per heavy atom. The van der Waals surface area contributed by atoms with Crippen LogP contribution in [-0.2, 0) is 10.9 Å². The molecule has 0 spiro atoms. The summed E-state index contributed by atoms with van der Waals surface area (Å²) < 4.78 is 62.6. The van der Waals surface area contributed by atoms with Crippen molar-refractivity contribution in [1.29, 1.82) is 0 Å². The summed E-state index contributed by atoms with van der Waals surface area (Å²) in [6.07, 6.45) is -4.58. The molecule has 0 fully saturated rings. The van der Waals surface area contributed by atoms with E-state index in [-0.39, 0.29) is 23.6 Å². The number of ether oxygens (including phenoxy) is 2. The minimum Gasteiger partial charge on any atom is -0.493 e. The van der Waals surface area contributed by atoms with E-state index in [0.29, 0.717) is 11.3 Å². The van der Waals surface area contributed by atoms with Crippen LogP contribution in [0.2, 0.25) is 0 Å². The van der Waals surface area contributed by atoms with Crippen molar-refractivity contribution in [2.45, 2.75) is 20.0 Å². The summed E-state index contributed by atoms with van der Waals surface area (Å²) in [5.74, 6) is -1.42. The fraction of sp³-hybridized carbons (Fsp3) is 0.278. The van der Waals surface area contributed by atoms with E-state index < -0.39 is 23.5 Å². The molecular formula is C18H17F4NO3. The SMILES string of the molecule is CCOC(=O)c1ccc(C(F)(F)F)cc1Nc1ccc(F)c(OC)c1C. The molecule has 4 nitrogen and oxygen atoms in total. The smallest absolute Gasteiger partial charge is 0.416 e. The number of nitrogens with one attached hydrogen (secondary N) is 1. The predicted octanol–water partition coefficient (Wildman–Crippen LogP) is 5.08. The topological polar surface area (TPSA) is 47.6 Å². The molecule has 1 N–H and O–H groups in total. The lowest BCUT2D eigenvalue weighted by Gasteiger charge is -2.17. The van der Waals surface area contributed by atoms with Crippen LogP contribution in [-0.4, -0.2) is 19.7 Å². The summed E-state index contributed by atoms with van der Waals surface area (Å²) in [5.41, 5.74) is -0.454. The van der Waals surface area contributed by atoms with E-state index in [1.165, 1.54) is 13.2 Å². The second kappa shape index (κ2) is 7.63. The number of benzene rings is 2. The number of carbonyl (C=O) groups is 1. The number of hydrogen-bond donors (Lipinski definition) is 1. The molecule has 2 rings (SSSR count). The molecule has 0 aliphatic carbocycles. The van der Waals surface area contributed by atoms with Crippen LogP contribution >= 0.6 is 0 Å². The van der Waals surface area contributed by atoms with Crippen LogP contribution in [0, 0.1) is 12.7 Å². The molecule has 0 saturated carbocycles. The molecule has 0 aromatic heterocycles. The summed E-state index contributed by atoms with van der Waals surface area (Å²) in [4.78, 5) is 12.1. The molecule has 0 amide bonds. The number of halogens is 4. The van der Waals surface area contributed by atoms with E-state index in [4.69, 9.17) is 9.47 Å². The van der Waals surface area contributed by atoms with E-state index in [9.17, 15) is 22.4 Å². The molecule has 26 heavy (non-hydrogen) atoms. The largest absolute Gasteiger partial charge is 0.493 e. The van der Waals surface area contributed by atoms with Gasteiger partial charge in [-0.25, -0.2) is 9.18 Å². The summed E-state index contributed by atoms with van der Waals surface area (Å²) >= 11 is 0. The fourth-order valence-corrected chi connectivity index (χ4v) is 2.40. The molecule has 0 aliphatic heterocycles. The van der Waals surface area contributed by atoms with Crippen LogP contribution in [0.5, 0.6) is 5.75 Å². The maximum atomic E-state index is 13.7. The van der Waals surface area contributed by atoms with Gasteiger partial charge >= 0.3 is 12.1 Å². The molecule has 0 atom stereocenters. The molecule has 0 aliphatic rings. The molecule has 140 valence electrons. The average molecular weight is 371 g/mol. The normalized spacial score (nSPS) is 11.2. The number of anilines is 2. The van der Waals surface area contributed by atoms with Crippen molar-refractivity contribution in [3.63, 3.8) is 0 Å². The van der Waals surface area contributed by atoms with E-state index in [0.717, 1.165) is 24.3 Å². The molecule has 0 radical (unpaired) electrons. The van der Waals surface area contributed by atoms with Gasteiger partial charge in [-0.2, -0.15) is 13.2 Å². The number of hydrogen-bond acceptors (Lipinski definition) is 4. The van der Waals surface area contributed by atoms with Gasteiger partial charge in [0.2, 0.25) is 0 Å². The van der Waals surface area contributed by atoms with E-state index in [2.05, 4.69) is 5.32 Å². The molecule has 0 heterocycles. The molecular weight excluding hydrogens is 354 g/mol. The highest BCUT2D eigenvalue weighted by Crippen LogP contribution is 2.35. The van der Waals surface area contributed by atoms with Crippen LogP contribution in [0.3, 0.4) is 0 Å². The minimum absolute atomic E-state index is 0.0420. The Hall–Kier alpha value is -2.77. The Bertz CT molecular complexity index is 819.